The molecule has 0 bridgehead atoms. The molecule has 22 heavy (non-hydrogen) atoms. The van der Waals surface area contributed by atoms with Gasteiger partial charge in [0.15, 0.2) is 0 Å². The number of aliphatic hydroxyl groups is 1. The molecule has 0 aromatic carbocycles. The highest BCUT2D eigenvalue weighted by molar-refractivity contribution is 6.02. The minimum atomic E-state index is -0.724. The van der Waals surface area contributed by atoms with Crippen LogP contribution in [0.25, 0.3) is 0 Å². The number of nitrogens with one attached hydrogen (secondary N) is 1. The third-order valence-electron chi connectivity index (χ3n) is 2.46. The lowest BCUT2D eigenvalue weighted by Gasteiger charge is -2.28. The number of carbonyl (C=O) groups is 2. The minimum Gasteiger partial charge on any atom is -0.444 e. The fourth-order valence-corrected chi connectivity index (χ4v) is 1.70. The fourth-order valence-electron chi connectivity index (χ4n) is 1.70. The molecule has 0 aromatic heterocycles. The van der Waals surface area contributed by atoms with Gasteiger partial charge in [-0.3, -0.25) is 5.32 Å². The van der Waals surface area contributed by atoms with Crippen LogP contribution in [0.3, 0.4) is 0 Å². The van der Waals surface area contributed by atoms with Gasteiger partial charge in [0.1, 0.15) is 11.2 Å². The van der Waals surface area contributed by atoms with Crippen LogP contribution in [0.2, 0.25) is 0 Å². The molecule has 1 heterocycles. The van der Waals surface area contributed by atoms with Gasteiger partial charge in [-0.05, 0) is 41.5 Å². The number of ether oxygens (including phenoxy) is 2. The molecule has 8 heteroatoms. The zero-order chi connectivity index (χ0) is 17.1. The Hall–Kier alpha value is -1.83. The van der Waals surface area contributed by atoms with E-state index in [1.165, 1.54) is 0 Å². The first-order valence-electron chi connectivity index (χ1n) is 7.10. The molecule has 1 rings (SSSR count). The lowest BCUT2D eigenvalue weighted by atomic mass is 10.2. The normalized spacial score (nSPS) is 18.8. The Labute approximate surface area is 130 Å². The standard InChI is InChI=1S/C14H25N3O5/c1-13(2,3)21-11(19)16-10-15-7-9(8-18)17(10)12(20)22-14(4,5)6/h9,18H,7-8H2,1-6H3,(H,15,16,19). The van der Waals surface area contributed by atoms with E-state index in [-0.39, 0.29) is 19.1 Å². The molecule has 0 radical (unpaired) electrons. The van der Waals surface area contributed by atoms with Crippen LogP contribution in [0.15, 0.2) is 4.99 Å². The van der Waals surface area contributed by atoms with Gasteiger partial charge in [-0.15, -0.1) is 0 Å². The molecular formula is C14H25N3O5. The molecule has 0 aliphatic carbocycles. The predicted molar refractivity (Wildman–Crippen MR) is 80.6 cm³/mol. The Morgan fingerprint density at radius 1 is 1.23 bits per heavy atom. The summed E-state index contributed by atoms with van der Waals surface area (Å²) in [6.07, 6.45) is -1.41. The lowest BCUT2D eigenvalue weighted by Crippen LogP contribution is -2.52. The summed E-state index contributed by atoms with van der Waals surface area (Å²) in [4.78, 5) is 29.2. The molecule has 2 N–H and O–H groups in total. The third-order valence-corrected chi connectivity index (χ3v) is 2.46. The van der Waals surface area contributed by atoms with E-state index >= 15 is 0 Å². The number of hydrogen-bond acceptors (Lipinski definition) is 6. The van der Waals surface area contributed by atoms with Crippen LogP contribution in [0.1, 0.15) is 41.5 Å². The number of amides is 2. The first-order chi connectivity index (χ1) is 9.93. The highest BCUT2D eigenvalue weighted by Crippen LogP contribution is 2.16. The van der Waals surface area contributed by atoms with Crippen LogP contribution in [0.5, 0.6) is 0 Å². The van der Waals surface area contributed by atoms with E-state index in [2.05, 4.69) is 10.3 Å². The number of guanidine groups is 1. The van der Waals surface area contributed by atoms with E-state index in [1.54, 1.807) is 41.5 Å². The maximum Gasteiger partial charge on any atom is 0.417 e. The summed E-state index contributed by atoms with van der Waals surface area (Å²) in [5.41, 5.74) is -1.37. The molecule has 1 unspecified atom stereocenters. The number of alkyl carbamates (subject to hydrolysis) is 1. The number of rotatable bonds is 1. The maximum absolute atomic E-state index is 12.2. The summed E-state index contributed by atoms with van der Waals surface area (Å²) >= 11 is 0. The number of carbonyl (C=O) groups excluding carboxylic acids is 2. The smallest absolute Gasteiger partial charge is 0.417 e. The van der Waals surface area contributed by atoms with Gasteiger partial charge < -0.3 is 14.6 Å². The second kappa shape index (κ2) is 6.51. The highest BCUT2D eigenvalue weighted by atomic mass is 16.6. The van der Waals surface area contributed by atoms with E-state index in [0.717, 1.165) is 4.90 Å². The Balaban J connectivity index is 2.80. The van der Waals surface area contributed by atoms with Crippen LogP contribution in [0, 0.1) is 0 Å². The van der Waals surface area contributed by atoms with Gasteiger partial charge >= 0.3 is 12.2 Å². The zero-order valence-corrected chi connectivity index (χ0v) is 14.0. The van der Waals surface area contributed by atoms with Crippen LogP contribution in [-0.2, 0) is 9.47 Å². The second-order valence-corrected chi connectivity index (χ2v) is 6.98. The van der Waals surface area contributed by atoms with Gasteiger partial charge in [0.2, 0.25) is 5.96 Å². The number of hydrogen-bond donors (Lipinski definition) is 2. The van der Waals surface area contributed by atoms with E-state index < -0.39 is 29.4 Å². The first kappa shape index (κ1) is 18.2. The van der Waals surface area contributed by atoms with Crippen molar-refractivity contribution in [3.8, 4) is 0 Å². The average Bonchev–Trinajstić information content (AvgIpc) is 2.66. The molecule has 0 fully saturated rings. The Bertz CT molecular complexity index is 462. The molecule has 126 valence electrons. The summed E-state index contributed by atoms with van der Waals surface area (Å²) in [5.74, 6) is 0.0163. The van der Waals surface area contributed by atoms with Crippen molar-refractivity contribution in [2.45, 2.75) is 58.8 Å². The summed E-state index contributed by atoms with van der Waals surface area (Å²) < 4.78 is 10.4. The van der Waals surface area contributed by atoms with Gasteiger partial charge in [0.05, 0.1) is 19.2 Å². The Morgan fingerprint density at radius 3 is 2.23 bits per heavy atom. The van der Waals surface area contributed by atoms with Gasteiger partial charge in [-0.25, -0.2) is 19.5 Å². The van der Waals surface area contributed by atoms with E-state index in [0.29, 0.717) is 0 Å². The highest BCUT2D eigenvalue weighted by Gasteiger charge is 2.37. The quantitative estimate of drug-likeness (QED) is 0.763. The molecule has 1 atom stereocenters. The van der Waals surface area contributed by atoms with Crippen molar-refractivity contribution < 1.29 is 24.2 Å². The van der Waals surface area contributed by atoms with Crippen molar-refractivity contribution in [2.75, 3.05) is 13.2 Å². The minimum absolute atomic E-state index is 0.0163. The van der Waals surface area contributed by atoms with Crippen LogP contribution >= 0.6 is 0 Å². The number of aliphatic hydroxyl groups excluding tert-OH is 1. The molecule has 2 amide bonds. The van der Waals surface area contributed by atoms with Crippen molar-refractivity contribution in [3.05, 3.63) is 0 Å². The Morgan fingerprint density at radius 2 is 1.77 bits per heavy atom. The van der Waals surface area contributed by atoms with Crippen molar-refractivity contribution in [2.24, 2.45) is 4.99 Å². The van der Waals surface area contributed by atoms with E-state index in [4.69, 9.17) is 9.47 Å². The van der Waals surface area contributed by atoms with Crippen LogP contribution in [-0.4, -0.2) is 58.5 Å². The molecular weight excluding hydrogens is 290 g/mol. The number of aliphatic imine (C=N–C) groups is 1. The van der Waals surface area contributed by atoms with Gasteiger partial charge in [0.25, 0.3) is 0 Å². The largest absolute Gasteiger partial charge is 0.444 e. The monoisotopic (exact) mass is 315 g/mol. The summed E-state index contributed by atoms with van der Waals surface area (Å²) in [6, 6.07) is -0.570. The summed E-state index contributed by atoms with van der Waals surface area (Å²) in [5, 5.41) is 11.8. The van der Waals surface area contributed by atoms with E-state index in [9.17, 15) is 14.7 Å². The second-order valence-electron chi connectivity index (χ2n) is 6.98. The molecule has 0 spiro atoms. The van der Waals surface area contributed by atoms with Gasteiger partial charge in [0, 0.05) is 0 Å². The lowest BCUT2D eigenvalue weighted by molar-refractivity contribution is 0.0282. The van der Waals surface area contributed by atoms with Crippen molar-refractivity contribution >= 4 is 18.1 Å². The SMILES string of the molecule is CC(C)(C)OC(=O)NC1=NCC(CO)N1C(=O)OC(C)(C)C. The molecule has 1 aliphatic heterocycles. The van der Waals surface area contributed by atoms with Crippen molar-refractivity contribution in [1.82, 2.24) is 10.2 Å². The maximum atomic E-state index is 12.2. The fraction of sp³-hybridized carbons (Fsp3) is 0.786. The van der Waals surface area contributed by atoms with Gasteiger partial charge in [-0.1, -0.05) is 0 Å². The molecule has 0 saturated carbocycles. The average molecular weight is 315 g/mol. The summed E-state index contributed by atoms with van der Waals surface area (Å²) in [7, 11) is 0. The zero-order valence-electron chi connectivity index (χ0n) is 14.0. The molecule has 1 aliphatic rings. The topological polar surface area (TPSA) is 100 Å². The van der Waals surface area contributed by atoms with Crippen molar-refractivity contribution in [3.63, 3.8) is 0 Å². The summed E-state index contributed by atoms with van der Waals surface area (Å²) in [6.45, 7) is 10.3. The van der Waals surface area contributed by atoms with Crippen molar-refractivity contribution in [1.29, 1.82) is 0 Å². The third kappa shape index (κ3) is 5.51. The molecule has 8 nitrogen and oxygen atoms in total. The van der Waals surface area contributed by atoms with Crippen LogP contribution in [0.4, 0.5) is 9.59 Å². The molecule has 0 aromatic rings. The van der Waals surface area contributed by atoms with Gasteiger partial charge in [-0.2, -0.15) is 0 Å². The first-order valence-corrected chi connectivity index (χ1v) is 7.10. The molecule has 0 saturated heterocycles. The number of nitrogens with zero attached hydrogens (tertiary/aromatic N) is 2. The van der Waals surface area contributed by atoms with Crippen LogP contribution < -0.4 is 5.32 Å². The predicted octanol–water partition coefficient (Wildman–Crippen LogP) is 1.48. The van der Waals surface area contributed by atoms with E-state index in [1.807, 2.05) is 0 Å². The Kier molecular flexibility index (Phi) is 5.39.